The molecule has 5 nitrogen and oxygen atoms in total. The molecule has 0 radical (unpaired) electrons. The molecule has 1 amide bonds. The summed E-state index contributed by atoms with van der Waals surface area (Å²) in [6, 6.07) is 5.12. The topological polar surface area (TPSA) is 67.0 Å². The first-order valence-electron chi connectivity index (χ1n) is 6.83. The van der Waals surface area contributed by atoms with Crippen LogP contribution in [0.5, 0.6) is 5.75 Å². The number of ether oxygens (including phenoxy) is 1. The Morgan fingerprint density at radius 1 is 1.52 bits per heavy atom. The van der Waals surface area contributed by atoms with Crippen molar-refractivity contribution in [2.24, 2.45) is 0 Å². The molecule has 1 aliphatic rings. The van der Waals surface area contributed by atoms with Gasteiger partial charge in [-0.1, -0.05) is 11.6 Å². The second-order valence-corrected chi connectivity index (χ2v) is 5.57. The Kier molecular flexibility index (Phi) is 3.84. The largest absolute Gasteiger partial charge is 0.496 e. The van der Waals surface area contributed by atoms with Gasteiger partial charge in [0.25, 0.3) is 5.91 Å². The number of aryl methyl sites for hydroxylation is 1. The molecule has 1 unspecified atom stereocenters. The summed E-state index contributed by atoms with van der Waals surface area (Å²) in [5, 5.41) is 10.6. The lowest BCUT2D eigenvalue weighted by atomic mass is 9.93. The number of rotatable bonds is 3. The quantitative estimate of drug-likeness (QED) is 0.915. The molecule has 2 aromatic rings. The molecule has 0 spiro atoms. The summed E-state index contributed by atoms with van der Waals surface area (Å²) in [7, 11) is 1.54. The van der Waals surface area contributed by atoms with Gasteiger partial charge in [-0.2, -0.15) is 5.10 Å². The minimum Gasteiger partial charge on any atom is -0.496 e. The van der Waals surface area contributed by atoms with Crippen molar-refractivity contribution in [3.05, 3.63) is 46.2 Å². The molecule has 1 aliphatic carbocycles. The van der Waals surface area contributed by atoms with Crippen LogP contribution in [0.25, 0.3) is 0 Å². The van der Waals surface area contributed by atoms with Gasteiger partial charge in [0.1, 0.15) is 5.75 Å². The number of fused-ring (bicyclic) bond motifs is 1. The van der Waals surface area contributed by atoms with Crippen LogP contribution in [0, 0.1) is 0 Å². The van der Waals surface area contributed by atoms with E-state index < -0.39 is 0 Å². The maximum atomic E-state index is 12.4. The maximum absolute atomic E-state index is 12.4. The van der Waals surface area contributed by atoms with E-state index in [4.69, 9.17) is 16.3 Å². The number of halogens is 1. The molecule has 1 aromatic carbocycles. The van der Waals surface area contributed by atoms with Gasteiger partial charge in [0.05, 0.1) is 18.9 Å². The number of amides is 1. The molecule has 6 heteroatoms. The van der Waals surface area contributed by atoms with Gasteiger partial charge in [0.15, 0.2) is 0 Å². The number of nitrogens with one attached hydrogen (secondary N) is 2. The number of H-pyrrole nitrogens is 1. The second-order valence-electron chi connectivity index (χ2n) is 5.13. The number of nitrogens with zero attached hydrogens (tertiary/aromatic N) is 1. The van der Waals surface area contributed by atoms with E-state index in [0.29, 0.717) is 16.3 Å². The molecule has 0 aliphatic heterocycles. The van der Waals surface area contributed by atoms with Gasteiger partial charge in [-0.25, -0.2) is 0 Å². The Hall–Kier alpha value is -2.01. The van der Waals surface area contributed by atoms with E-state index in [-0.39, 0.29) is 11.9 Å². The fraction of sp³-hybridized carbons (Fsp3) is 0.333. The van der Waals surface area contributed by atoms with Crippen LogP contribution in [-0.2, 0) is 12.8 Å². The first-order chi connectivity index (χ1) is 10.2. The lowest BCUT2D eigenvalue weighted by molar-refractivity contribution is 0.0930. The first kappa shape index (κ1) is 13.9. The molecule has 0 saturated heterocycles. The van der Waals surface area contributed by atoms with Gasteiger partial charge < -0.3 is 10.1 Å². The van der Waals surface area contributed by atoms with Crippen molar-refractivity contribution in [2.75, 3.05) is 7.11 Å². The van der Waals surface area contributed by atoms with Crippen molar-refractivity contribution in [1.29, 1.82) is 0 Å². The summed E-state index contributed by atoms with van der Waals surface area (Å²) >= 11 is 5.96. The van der Waals surface area contributed by atoms with Crippen LogP contribution in [0.4, 0.5) is 0 Å². The molecule has 0 saturated carbocycles. The molecule has 2 N–H and O–H groups in total. The molecule has 110 valence electrons. The molecular formula is C15H16ClN3O2. The summed E-state index contributed by atoms with van der Waals surface area (Å²) in [5.74, 6) is 0.359. The predicted molar refractivity (Wildman–Crippen MR) is 79.9 cm³/mol. The number of carbonyl (C=O) groups excluding carboxylic acids is 1. The van der Waals surface area contributed by atoms with Crippen molar-refractivity contribution in [2.45, 2.75) is 25.3 Å². The van der Waals surface area contributed by atoms with E-state index >= 15 is 0 Å². The molecular weight excluding hydrogens is 290 g/mol. The number of hydrogen-bond donors (Lipinski definition) is 2. The van der Waals surface area contributed by atoms with Crippen molar-refractivity contribution in [1.82, 2.24) is 15.5 Å². The molecule has 1 heterocycles. The van der Waals surface area contributed by atoms with Crippen LogP contribution in [-0.4, -0.2) is 29.3 Å². The van der Waals surface area contributed by atoms with Gasteiger partial charge in [-0.15, -0.1) is 0 Å². The summed E-state index contributed by atoms with van der Waals surface area (Å²) in [5.41, 5.74) is 2.80. The molecule has 3 rings (SSSR count). The minimum atomic E-state index is -0.165. The standard InChI is InChI=1S/C15H16ClN3O2/c1-21-14-5-3-10(16)6-12(14)15(20)18-11-4-2-9-8-17-19-13(9)7-11/h3,5-6,8,11H,2,4,7H2,1H3,(H,17,19)(H,18,20). The predicted octanol–water partition coefficient (Wildman–Crippen LogP) is 2.36. The van der Waals surface area contributed by atoms with Crippen molar-refractivity contribution in [3.8, 4) is 5.75 Å². The number of benzene rings is 1. The summed E-state index contributed by atoms with van der Waals surface area (Å²) in [4.78, 5) is 12.4. The monoisotopic (exact) mass is 305 g/mol. The number of hydrogen-bond acceptors (Lipinski definition) is 3. The molecule has 1 aromatic heterocycles. The van der Waals surface area contributed by atoms with Gasteiger partial charge in [0, 0.05) is 23.2 Å². The second kappa shape index (κ2) is 5.77. The Balaban J connectivity index is 1.74. The number of methoxy groups -OCH3 is 1. The zero-order valence-electron chi connectivity index (χ0n) is 11.6. The van der Waals surface area contributed by atoms with Crippen molar-refractivity contribution in [3.63, 3.8) is 0 Å². The zero-order chi connectivity index (χ0) is 14.8. The fourth-order valence-electron chi connectivity index (χ4n) is 2.65. The SMILES string of the molecule is COc1ccc(Cl)cc1C(=O)NC1CCc2cn[nH]c2C1. The van der Waals surface area contributed by atoms with E-state index in [9.17, 15) is 4.79 Å². The highest BCUT2D eigenvalue weighted by Gasteiger charge is 2.23. The Labute approximate surface area is 127 Å². The average molecular weight is 306 g/mol. The zero-order valence-corrected chi connectivity index (χ0v) is 12.4. The summed E-state index contributed by atoms with van der Waals surface area (Å²) in [6.45, 7) is 0. The highest BCUT2D eigenvalue weighted by atomic mass is 35.5. The molecule has 21 heavy (non-hydrogen) atoms. The van der Waals surface area contributed by atoms with E-state index in [1.165, 1.54) is 12.7 Å². The van der Waals surface area contributed by atoms with Gasteiger partial charge >= 0.3 is 0 Å². The minimum absolute atomic E-state index is 0.0918. The van der Waals surface area contributed by atoms with Crippen molar-refractivity contribution >= 4 is 17.5 Å². The smallest absolute Gasteiger partial charge is 0.255 e. The van der Waals surface area contributed by atoms with Crippen LogP contribution >= 0.6 is 11.6 Å². The van der Waals surface area contributed by atoms with Crippen molar-refractivity contribution < 1.29 is 9.53 Å². The summed E-state index contributed by atoms with van der Waals surface area (Å²) in [6.07, 6.45) is 4.45. The highest BCUT2D eigenvalue weighted by Crippen LogP contribution is 2.24. The van der Waals surface area contributed by atoms with Crippen LogP contribution in [0.3, 0.4) is 0 Å². The van der Waals surface area contributed by atoms with E-state index in [0.717, 1.165) is 25.0 Å². The maximum Gasteiger partial charge on any atom is 0.255 e. The first-order valence-corrected chi connectivity index (χ1v) is 7.20. The van der Waals surface area contributed by atoms with Crippen LogP contribution < -0.4 is 10.1 Å². The Bertz CT molecular complexity index is 669. The summed E-state index contributed by atoms with van der Waals surface area (Å²) < 4.78 is 5.22. The Morgan fingerprint density at radius 2 is 2.38 bits per heavy atom. The lowest BCUT2D eigenvalue weighted by Gasteiger charge is -2.23. The van der Waals surface area contributed by atoms with Gasteiger partial charge in [-0.3, -0.25) is 9.89 Å². The molecule has 0 bridgehead atoms. The fourth-order valence-corrected chi connectivity index (χ4v) is 2.82. The third-order valence-electron chi connectivity index (χ3n) is 3.76. The van der Waals surface area contributed by atoms with Gasteiger partial charge in [-0.05, 0) is 36.6 Å². The highest BCUT2D eigenvalue weighted by molar-refractivity contribution is 6.31. The normalized spacial score (nSPS) is 17.1. The van der Waals surface area contributed by atoms with Crippen LogP contribution in [0.15, 0.2) is 24.4 Å². The van der Waals surface area contributed by atoms with Crippen LogP contribution in [0.2, 0.25) is 5.02 Å². The van der Waals surface area contributed by atoms with Crippen LogP contribution in [0.1, 0.15) is 28.0 Å². The lowest BCUT2D eigenvalue weighted by Crippen LogP contribution is -2.39. The Morgan fingerprint density at radius 3 is 3.19 bits per heavy atom. The third-order valence-corrected chi connectivity index (χ3v) is 4.00. The third kappa shape index (κ3) is 2.88. The molecule has 1 atom stereocenters. The van der Waals surface area contributed by atoms with E-state index in [2.05, 4.69) is 15.5 Å². The number of aromatic amines is 1. The average Bonchev–Trinajstić information content (AvgIpc) is 2.94. The number of aromatic nitrogens is 2. The van der Waals surface area contributed by atoms with E-state index in [1.54, 1.807) is 18.2 Å². The van der Waals surface area contributed by atoms with E-state index in [1.807, 2.05) is 6.20 Å². The van der Waals surface area contributed by atoms with Gasteiger partial charge in [0.2, 0.25) is 0 Å². The molecule has 0 fully saturated rings. The number of carbonyl (C=O) groups is 1.